The van der Waals surface area contributed by atoms with E-state index in [4.69, 9.17) is 23.2 Å². The number of benzene rings is 2. The Morgan fingerprint density at radius 2 is 1.80 bits per heavy atom. The Morgan fingerprint density at radius 1 is 1.05 bits per heavy atom. The maximum Gasteiger partial charge on any atom is 0.191 e. The number of halogens is 2. The minimum atomic E-state index is -0.968. The topological polar surface area (TPSA) is 37.3 Å². The molecule has 0 amide bonds. The Balaban J connectivity index is 2.12. The first kappa shape index (κ1) is 13.6. The van der Waals surface area contributed by atoms with Gasteiger partial charge in [0.2, 0.25) is 0 Å². The molecule has 0 heterocycles. The molecule has 3 rings (SSSR count). The van der Waals surface area contributed by atoms with Crippen LogP contribution in [-0.4, -0.2) is 17.0 Å². The van der Waals surface area contributed by atoms with Gasteiger partial charge in [0, 0.05) is 11.5 Å². The summed E-state index contributed by atoms with van der Waals surface area (Å²) in [6.45, 7) is 0. The van der Waals surface area contributed by atoms with Gasteiger partial charge in [-0.25, -0.2) is 0 Å². The maximum atomic E-state index is 12.0. The fourth-order valence-corrected chi connectivity index (χ4v) is 3.01. The van der Waals surface area contributed by atoms with E-state index in [1.807, 2.05) is 18.2 Å². The molecule has 1 aliphatic carbocycles. The minimum Gasteiger partial charge on any atom is -0.385 e. The first-order valence-electron chi connectivity index (χ1n) is 6.34. The average Bonchev–Trinajstić information content (AvgIpc) is 2.46. The van der Waals surface area contributed by atoms with E-state index >= 15 is 0 Å². The van der Waals surface area contributed by atoms with Crippen molar-refractivity contribution in [3.05, 3.63) is 69.2 Å². The van der Waals surface area contributed by atoms with Crippen molar-refractivity contribution < 1.29 is 9.90 Å². The zero-order valence-corrected chi connectivity index (χ0v) is 12.0. The molecule has 102 valence electrons. The lowest BCUT2D eigenvalue weighted by Crippen LogP contribution is -2.30. The van der Waals surface area contributed by atoms with Gasteiger partial charge in [-0.05, 0) is 29.7 Å². The molecule has 20 heavy (non-hydrogen) atoms. The van der Waals surface area contributed by atoms with Crippen LogP contribution >= 0.6 is 23.2 Å². The molecule has 2 aromatic rings. The Labute approximate surface area is 127 Å². The number of aliphatic hydroxyl groups excluding tert-OH is 1. The third-order valence-corrected chi connectivity index (χ3v) is 4.45. The summed E-state index contributed by atoms with van der Waals surface area (Å²) in [7, 11) is 0. The zero-order chi connectivity index (χ0) is 14.3. The number of fused-ring (bicyclic) bond motifs is 1. The average molecular weight is 307 g/mol. The van der Waals surface area contributed by atoms with Gasteiger partial charge in [-0.2, -0.15) is 0 Å². The summed E-state index contributed by atoms with van der Waals surface area (Å²) < 4.78 is 0. The number of rotatable bonds is 1. The van der Waals surface area contributed by atoms with E-state index in [-0.39, 0.29) is 11.7 Å². The fourth-order valence-electron chi connectivity index (χ4n) is 2.71. The van der Waals surface area contributed by atoms with Crippen LogP contribution in [0.5, 0.6) is 0 Å². The van der Waals surface area contributed by atoms with Crippen molar-refractivity contribution in [2.75, 3.05) is 0 Å². The molecule has 0 bridgehead atoms. The predicted octanol–water partition coefficient (Wildman–Crippen LogP) is 4.07. The van der Waals surface area contributed by atoms with Crippen molar-refractivity contribution in [3.63, 3.8) is 0 Å². The Morgan fingerprint density at radius 3 is 2.55 bits per heavy atom. The van der Waals surface area contributed by atoms with Gasteiger partial charge in [-0.15, -0.1) is 0 Å². The fraction of sp³-hybridized carbons (Fsp3) is 0.188. The molecule has 2 atom stereocenters. The monoisotopic (exact) mass is 306 g/mol. The molecule has 0 aliphatic heterocycles. The summed E-state index contributed by atoms with van der Waals surface area (Å²) in [5.41, 5.74) is 2.47. The molecule has 2 aromatic carbocycles. The summed E-state index contributed by atoms with van der Waals surface area (Å²) in [6.07, 6.45) is -0.599. The first-order chi connectivity index (χ1) is 9.58. The van der Waals surface area contributed by atoms with Gasteiger partial charge in [0.25, 0.3) is 0 Å². The van der Waals surface area contributed by atoms with Gasteiger partial charge < -0.3 is 5.11 Å². The van der Waals surface area contributed by atoms with Gasteiger partial charge in [0.1, 0.15) is 6.10 Å². The van der Waals surface area contributed by atoms with E-state index in [1.165, 1.54) is 0 Å². The highest BCUT2D eigenvalue weighted by Gasteiger charge is 2.32. The molecule has 1 aliphatic rings. The van der Waals surface area contributed by atoms with Crippen LogP contribution in [0.1, 0.15) is 33.8 Å². The van der Waals surface area contributed by atoms with Crippen molar-refractivity contribution in [2.24, 2.45) is 0 Å². The zero-order valence-electron chi connectivity index (χ0n) is 10.5. The van der Waals surface area contributed by atoms with E-state index in [1.54, 1.807) is 24.3 Å². The summed E-state index contributed by atoms with van der Waals surface area (Å²) in [4.78, 5) is 12.0. The molecule has 0 unspecified atom stereocenters. The van der Waals surface area contributed by atoms with Crippen LogP contribution in [0, 0.1) is 0 Å². The van der Waals surface area contributed by atoms with Crippen LogP contribution in [-0.2, 0) is 0 Å². The van der Waals surface area contributed by atoms with Crippen LogP contribution in [0.4, 0.5) is 0 Å². The smallest absolute Gasteiger partial charge is 0.191 e. The standard InChI is InChI=1S/C16H12Cl2O2/c17-13-6-5-9(7-14(13)18)12-8-15(19)16(20)11-4-2-1-3-10(11)12/h1-7,12,15,19H,8H2/t12-,15-/m0/s1. The molecule has 0 radical (unpaired) electrons. The number of Topliss-reactive ketones (excluding diaryl/α,β-unsaturated/α-hetero) is 1. The van der Waals surface area contributed by atoms with Gasteiger partial charge in [-0.3, -0.25) is 4.79 Å². The second-order valence-electron chi connectivity index (χ2n) is 4.93. The maximum absolute atomic E-state index is 12.0. The lowest BCUT2D eigenvalue weighted by molar-refractivity contribution is 0.0699. The molecular formula is C16H12Cl2O2. The Hall–Kier alpha value is -1.35. The van der Waals surface area contributed by atoms with Crippen molar-refractivity contribution in [1.82, 2.24) is 0 Å². The van der Waals surface area contributed by atoms with Crippen LogP contribution in [0.2, 0.25) is 10.0 Å². The molecule has 0 spiro atoms. The number of ketones is 1. The molecule has 0 fully saturated rings. The number of carbonyl (C=O) groups is 1. The Bertz CT molecular complexity index is 682. The third-order valence-electron chi connectivity index (χ3n) is 3.71. The van der Waals surface area contributed by atoms with E-state index in [0.29, 0.717) is 22.0 Å². The lowest BCUT2D eigenvalue weighted by Gasteiger charge is -2.28. The molecule has 0 saturated heterocycles. The van der Waals surface area contributed by atoms with Crippen molar-refractivity contribution in [1.29, 1.82) is 0 Å². The molecule has 0 saturated carbocycles. The van der Waals surface area contributed by atoms with E-state index in [0.717, 1.165) is 11.1 Å². The van der Waals surface area contributed by atoms with Crippen molar-refractivity contribution in [2.45, 2.75) is 18.4 Å². The SMILES string of the molecule is O=C1c2ccccc2[C@H](c2ccc(Cl)c(Cl)c2)C[C@@H]1O. The third kappa shape index (κ3) is 2.24. The normalized spacial score (nSPS) is 21.6. The van der Waals surface area contributed by atoms with Gasteiger partial charge in [0.05, 0.1) is 10.0 Å². The van der Waals surface area contributed by atoms with Crippen molar-refractivity contribution in [3.8, 4) is 0 Å². The van der Waals surface area contributed by atoms with Crippen LogP contribution in [0.15, 0.2) is 42.5 Å². The van der Waals surface area contributed by atoms with Gasteiger partial charge >= 0.3 is 0 Å². The van der Waals surface area contributed by atoms with Crippen molar-refractivity contribution >= 4 is 29.0 Å². The molecule has 0 aromatic heterocycles. The lowest BCUT2D eigenvalue weighted by atomic mass is 9.77. The van der Waals surface area contributed by atoms with E-state index < -0.39 is 6.10 Å². The van der Waals surface area contributed by atoms with E-state index in [2.05, 4.69) is 0 Å². The molecular weight excluding hydrogens is 295 g/mol. The van der Waals surface area contributed by atoms with E-state index in [9.17, 15) is 9.90 Å². The number of carbonyl (C=O) groups excluding carboxylic acids is 1. The van der Waals surface area contributed by atoms with Gasteiger partial charge in [0.15, 0.2) is 5.78 Å². The van der Waals surface area contributed by atoms with Crippen LogP contribution in [0.25, 0.3) is 0 Å². The predicted molar refractivity (Wildman–Crippen MR) is 79.7 cm³/mol. The minimum absolute atomic E-state index is 0.0475. The van der Waals surface area contributed by atoms with Crippen LogP contribution < -0.4 is 0 Å². The second-order valence-corrected chi connectivity index (χ2v) is 5.74. The molecule has 4 heteroatoms. The second kappa shape index (κ2) is 5.21. The Kier molecular flexibility index (Phi) is 3.55. The number of hydrogen-bond donors (Lipinski definition) is 1. The summed E-state index contributed by atoms with van der Waals surface area (Å²) >= 11 is 12.0. The first-order valence-corrected chi connectivity index (χ1v) is 7.09. The quantitative estimate of drug-likeness (QED) is 0.862. The number of hydrogen-bond acceptors (Lipinski definition) is 2. The largest absolute Gasteiger partial charge is 0.385 e. The highest BCUT2D eigenvalue weighted by Crippen LogP contribution is 2.38. The number of aliphatic hydroxyl groups is 1. The van der Waals surface area contributed by atoms with Gasteiger partial charge in [-0.1, -0.05) is 53.5 Å². The molecule has 2 nitrogen and oxygen atoms in total. The summed E-state index contributed by atoms with van der Waals surface area (Å²) in [5.74, 6) is -0.259. The summed E-state index contributed by atoms with van der Waals surface area (Å²) in [5, 5.41) is 10.9. The highest BCUT2D eigenvalue weighted by atomic mass is 35.5. The highest BCUT2D eigenvalue weighted by molar-refractivity contribution is 6.42. The van der Waals surface area contributed by atoms with Crippen LogP contribution in [0.3, 0.4) is 0 Å². The molecule has 1 N–H and O–H groups in total. The summed E-state index contributed by atoms with van der Waals surface area (Å²) in [6, 6.07) is 12.8.